The van der Waals surface area contributed by atoms with Crippen molar-refractivity contribution in [2.75, 3.05) is 0 Å². The molecule has 112 valence electrons. The van der Waals surface area contributed by atoms with E-state index in [1.165, 1.54) is 11.5 Å². The normalized spacial score (nSPS) is 25.1. The van der Waals surface area contributed by atoms with Crippen LogP contribution in [-0.2, 0) is 11.3 Å². The minimum atomic E-state index is -0.732. The maximum atomic E-state index is 14.1. The van der Waals surface area contributed by atoms with E-state index >= 15 is 0 Å². The Morgan fingerprint density at radius 3 is 2.57 bits per heavy atom. The molecule has 2 saturated heterocycles. The number of benzene rings is 1. The largest absolute Gasteiger partial charge is 0.300 e. The molecule has 2 aliphatic rings. The number of hydroxylamine groups is 1. The van der Waals surface area contributed by atoms with Crippen LogP contribution in [0.25, 0.3) is 0 Å². The van der Waals surface area contributed by atoms with Gasteiger partial charge in [-0.1, -0.05) is 6.07 Å². The van der Waals surface area contributed by atoms with Crippen LogP contribution >= 0.6 is 0 Å². The second-order valence-electron chi connectivity index (χ2n) is 5.75. The van der Waals surface area contributed by atoms with Crippen LogP contribution in [0.3, 0.4) is 0 Å². The van der Waals surface area contributed by atoms with E-state index in [9.17, 15) is 14.0 Å². The molecule has 2 fully saturated rings. The van der Waals surface area contributed by atoms with Gasteiger partial charge in [-0.25, -0.2) is 9.87 Å². The van der Waals surface area contributed by atoms with E-state index in [0.29, 0.717) is 30.7 Å². The monoisotopic (exact) mass is 292 g/mol. The Labute approximate surface area is 121 Å². The van der Waals surface area contributed by atoms with Gasteiger partial charge in [-0.2, -0.15) is 0 Å². The summed E-state index contributed by atoms with van der Waals surface area (Å²) in [6.07, 6.45) is 3.10. The highest BCUT2D eigenvalue weighted by Gasteiger charge is 2.40. The van der Waals surface area contributed by atoms with Crippen molar-refractivity contribution in [3.63, 3.8) is 0 Å². The van der Waals surface area contributed by atoms with E-state index in [1.807, 2.05) is 0 Å². The third-order valence-electron chi connectivity index (χ3n) is 4.47. The van der Waals surface area contributed by atoms with Gasteiger partial charge in [0.1, 0.15) is 11.6 Å². The second-order valence-corrected chi connectivity index (χ2v) is 5.75. The molecule has 2 atom stereocenters. The number of amides is 1. The first kappa shape index (κ1) is 14.2. The SMILES string of the molecule is O=C1CC2CCC(C1)N2Cc1ccc(C(=O)NO)cc1F. The summed E-state index contributed by atoms with van der Waals surface area (Å²) in [7, 11) is 0. The maximum Gasteiger partial charge on any atom is 0.274 e. The molecule has 1 aromatic rings. The number of piperidine rings is 1. The van der Waals surface area contributed by atoms with Gasteiger partial charge in [0, 0.05) is 42.6 Å². The van der Waals surface area contributed by atoms with Crippen LogP contribution in [0.15, 0.2) is 18.2 Å². The third-order valence-corrected chi connectivity index (χ3v) is 4.47. The van der Waals surface area contributed by atoms with Crippen molar-refractivity contribution in [1.82, 2.24) is 10.4 Å². The van der Waals surface area contributed by atoms with Gasteiger partial charge in [-0.05, 0) is 25.0 Å². The van der Waals surface area contributed by atoms with Gasteiger partial charge in [0.2, 0.25) is 0 Å². The summed E-state index contributed by atoms with van der Waals surface area (Å²) in [6, 6.07) is 4.61. The molecule has 2 unspecified atom stereocenters. The average Bonchev–Trinajstić information content (AvgIpc) is 2.70. The Hall–Kier alpha value is -1.79. The Morgan fingerprint density at radius 2 is 2.00 bits per heavy atom. The van der Waals surface area contributed by atoms with Crippen LogP contribution in [0.4, 0.5) is 4.39 Å². The Bertz CT molecular complexity index is 574. The Kier molecular flexibility index (Phi) is 3.73. The molecule has 3 rings (SSSR count). The third kappa shape index (κ3) is 2.69. The van der Waals surface area contributed by atoms with Crippen molar-refractivity contribution in [1.29, 1.82) is 0 Å². The molecule has 21 heavy (non-hydrogen) atoms. The zero-order valence-electron chi connectivity index (χ0n) is 11.5. The summed E-state index contributed by atoms with van der Waals surface area (Å²) in [5.74, 6) is -0.898. The van der Waals surface area contributed by atoms with Crippen molar-refractivity contribution < 1.29 is 19.2 Å². The number of carbonyl (C=O) groups excluding carboxylic acids is 2. The van der Waals surface area contributed by atoms with Gasteiger partial charge < -0.3 is 0 Å². The summed E-state index contributed by atoms with van der Waals surface area (Å²) in [5, 5.41) is 8.55. The number of hydrogen-bond donors (Lipinski definition) is 2. The first-order valence-corrected chi connectivity index (χ1v) is 7.09. The molecule has 2 heterocycles. The molecule has 6 heteroatoms. The van der Waals surface area contributed by atoms with Gasteiger partial charge in [0.25, 0.3) is 5.91 Å². The number of ketones is 1. The van der Waals surface area contributed by atoms with Crippen LogP contribution < -0.4 is 5.48 Å². The maximum absolute atomic E-state index is 14.1. The van der Waals surface area contributed by atoms with Crippen LogP contribution in [0, 0.1) is 5.82 Å². The number of halogens is 1. The lowest BCUT2D eigenvalue weighted by atomic mass is 10.00. The molecule has 5 nitrogen and oxygen atoms in total. The standard InChI is InChI=1S/C15H17FN2O3/c16-14-5-9(15(20)17-21)1-2-10(14)8-18-11-3-4-12(18)7-13(19)6-11/h1-2,5,11-12,21H,3-4,6-8H2,(H,17,20). The Morgan fingerprint density at radius 1 is 1.33 bits per heavy atom. The van der Waals surface area contributed by atoms with Crippen LogP contribution in [0.2, 0.25) is 0 Å². The topological polar surface area (TPSA) is 69.6 Å². The number of nitrogens with zero attached hydrogens (tertiary/aromatic N) is 1. The number of Topliss-reactive ketones (excluding diaryl/α,β-unsaturated/α-hetero) is 1. The van der Waals surface area contributed by atoms with E-state index < -0.39 is 11.7 Å². The number of carbonyl (C=O) groups is 2. The predicted molar refractivity (Wildman–Crippen MR) is 72.2 cm³/mol. The van der Waals surface area contributed by atoms with Gasteiger partial charge in [-0.15, -0.1) is 0 Å². The van der Waals surface area contributed by atoms with E-state index in [2.05, 4.69) is 4.90 Å². The number of fused-ring (bicyclic) bond motifs is 2. The number of rotatable bonds is 3. The van der Waals surface area contributed by atoms with Gasteiger partial charge in [0.15, 0.2) is 0 Å². The van der Waals surface area contributed by atoms with Crippen molar-refractivity contribution >= 4 is 11.7 Å². The molecule has 2 bridgehead atoms. The van der Waals surface area contributed by atoms with Crippen molar-refractivity contribution in [3.05, 3.63) is 35.1 Å². The summed E-state index contributed by atoms with van der Waals surface area (Å²) in [4.78, 5) is 25.0. The lowest BCUT2D eigenvalue weighted by Gasteiger charge is -2.34. The van der Waals surface area contributed by atoms with Gasteiger partial charge in [0.05, 0.1) is 0 Å². The highest BCUT2D eigenvalue weighted by molar-refractivity contribution is 5.93. The Balaban J connectivity index is 1.77. The average molecular weight is 292 g/mol. The fourth-order valence-electron chi connectivity index (χ4n) is 3.40. The molecule has 0 aliphatic carbocycles. The smallest absolute Gasteiger partial charge is 0.274 e. The fourth-order valence-corrected chi connectivity index (χ4v) is 3.40. The zero-order valence-corrected chi connectivity index (χ0v) is 11.5. The highest BCUT2D eigenvalue weighted by atomic mass is 19.1. The summed E-state index contributed by atoms with van der Waals surface area (Å²) in [6.45, 7) is 0.454. The number of hydrogen-bond acceptors (Lipinski definition) is 4. The number of nitrogens with one attached hydrogen (secondary N) is 1. The van der Waals surface area contributed by atoms with Crippen LogP contribution in [-0.4, -0.2) is 33.9 Å². The fraction of sp³-hybridized carbons (Fsp3) is 0.467. The first-order valence-electron chi connectivity index (χ1n) is 7.09. The van der Waals surface area contributed by atoms with Crippen LogP contribution in [0.5, 0.6) is 0 Å². The molecule has 0 aromatic heterocycles. The molecule has 1 aromatic carbocycles. The second kappa shape index (κ2) is 5.54. The predicted octanol–water partition coefficient (Wildman–Crippen LogP) is 1.64. The molecular formula is C15H17FN2O3. The van der Waals surface area contributed by atoms with E-state index in [0.717, 1.165) is 18.9 Å². The minimum absolute atomic E-state index is 0.0792. The van der Waals surface area contributed by atoms with E-state index in [1.54, 1.807) is 6.07 Å². The highest BCUT2D eigenvalue weighted by Crippen LogP contribution is 2.35. The van der Waals surface area contributed by atoms with Crippen molar-refractivity contribution in [3.8, 4) is 0 Å². The van der Waals surface area contributed by atoms with Gasteiger partial charge in [-0.3, -0.25) is 19.7 Å². The first-order chi connectivity index (χ1) is 10.1. The lowest BCUT2D eigenvalue weighted by Crippen LogP contribution is -2.42. The summed E-state index contributed by atoms with van der Waals surface area (Å²) < 4.78 is 14.1. The zero-order chi connectivity index (χ0) is 15.0. The van der Waals surface area contributed by atoms with Crippen molar-refractivity contribution in [2.45, 2.75) is 44.3 Å². The van der Waals surface area contributed by atoms with Gasteiger partial charge >= 0.3 is 0 Å². The molecule has 0 spiro atoms. The molecule has 2 aliphatic heterocycles. The van der Waals surface area contributed by atoms with Crippen LogP contribution in [0.1, 0.15) is 41.6 Å². The lowest BCUT2D eigenvalue weighted by molar-refractivity contribution is -0.123. The minimum Gasteiger partial charge on any atom is -0.300 e. The molecule has 1 amide bonds. The molecular weight excluding hydrogens is 275 g/mol. The summed E-state index contributed by atoms with van der Waals surface area (Å²) in [5.41, 5.74) is 2.07. The van der Waals surface area contributed by atoms with Crippen molar-refractivity contribution in [2.24, 2.45) is 0 Å². The molecule has 2 N–H and O–H groups in total. The molecule has 0 radical (unpaired) electrons. The molecule has 0 saturated carbocycles. The quantitative estimate of drug-likeness (QED) is 0.656. The summed E-state index contributed by atoms with van der Waals surface area (Å²) >= 11 is 0. The van der Waals surface area contributed by atoms with E-state index in [-0.39, 0.29) is 17.6 Å². The van der Waals surface area contributed by atoms with E-state index in [4.69, 9.17) is 5.21 Å².